The van der Waals surface area contributed by atoms with Gasteiger partial charge in [-0.05, 0) is 18.2 Å². The smallest absolute Gasteiger partial charge is 0.228 e. The lowest BCUT2D eigenvalue weighted by atomic mass is 10.2. The van der Waals surface area contributed by atoms with Gasteiger partial charge in [0.25, 0.3) is 0 Å². The molecule has 0 aliphatic rings. The van der Waals surface area contributed by atoms with Gasteiger partial charge in [0.05, 0.1) is 16.4 Å². The van der Waals surface area contributed by atoms with Crippen molar-refractivity contribution in [3.05, 3.63) is 54.6 Å². The van der Waals surface area contributed by atoms with Crippen molar-refractivity contribution in [2.45, 2.75) is 0 Å². The first-order valence-electron chi connectivity index (χ1n) is 6.59. The molecule has 0 saturated carbocycles. The van der Waals surface area contributed by atoms with Gasteiger partial charge in [0.2, 0.25) is 5.71 Å². The number of H-pyrrole nitrogens is 1. The first kappa shape index (κ1) is 10.0. The van der Waals surface area contributed by atoms with Crippen LogP contribution in [0, 0.1) is 0 Å². The Labute approximate surface area is 113 Å². The fourth-order valence-electron chi connectivity index (χ4n) is 2.89. The number of hydrogen-bond acceptors (Lipinski definition) is 2. The van der Waals surface area contributed by atoms with Crippen molar-refractivity contribution >= 4 is 44.0 Å². The van der Waals surface area contributed by atoms with Gasteiger partial charge in [-0.25, -0.2) is 4.98 Å². The second-order valence-electron chi connectivity index (χ2n) is 5.01. The number of hydrogen-bond donors (Lipinski definition) is 1. The molecular formula is C17H10N2O. The van der Waals surface area contributed by atoms with E-state index in [0.717, 1.165) is 38.3 Å². The number of aromatic amines is 1. The highest BCUT2D eigenvalue weighted by Gasteiger charge is 2.12. The molecule has 0 unspecified atom stereocenters. The highest BCUT2D eigenvalue weighted by Crippen LogP contribution is 2.32. The summed E-state index contributed by atoms with van der Waals surface area (Å²) in [6, 6.07) is 18.4. The van der Waals surface area contributed by atoms with Gasteiger partial charge in [0.15, 0.2) is 0 Å². The van der Waals surface area contributed by atoms with E-state index in [1.807, 2.05) is 30.3 Å². The summed E-state index contributed by atoms with van der Waals surface area (Å²) < 4.78 is 5.85. The first-order chi connectivity index (χ1) is 9.90. The molecule has 0 saturated heterocycles. The summed E-state index contributed by atoms with van der Waals surface area (Å²) >= 11 is 0. The summed E-state index contributed by atoms with van der Waals surface area (Å²) in [5.74, 6) is 0. The van der Waals surface area contributed by atoms with Crippen LogP contribution < -0.4 is 0 Å². The van der Waals surface area contributed by atoms with E-state index < -0.39 is 0 Å². The van der Waals surface area contributed by atoms with Crippen LogP contribution >= 0.6 is 0 Å². The van der Waals surface area contributed by atoms with Crippen molar-refractivity contribution < 1.29 is 4.42 Å². The number of aromatic nitrogens is 2. The average Bonchev–Trinajstić information content (AvgIpc) is 3.02. The van der Waals surface area contributed by atoms with E-state index >= 15 is 0 Å². The molecule has 0 radical (unpaired) electrons. The molecule has 5 rings (SSSR count). The quantitative estimate of drug-likeness (QED) is 0.440. The highest BCUT2D eigenvalue weighted by molar-refractivity contribution is 6.12. The van der Waals surface area contributed by atoms with Crippen LogP contribution in [-0.4, -0.2) is 9.97 Å². The fraction of sp³-hybridized carbons (Fsp3) is 0. The predicted molar refractivity (Wildman–Crippen MR) is 80.9 cm³/mol. The Balaban J connectivity index is 2.05. The van der Waals surface area contributed by atoms with Crippen LogP contribution in [0.25, 0.3) is 44.0 Å². The Hall–Kier alpha value is -2.81. The largest absolute Gasteiger partial charge is 0.438 e. The van der Waals surface area contributed by atoms with Crippen LogP contribution in [-0.2, 0) is 0 Å². The molecule has 0 atom stereocenters. The predicted octanol–water partition coefficient (Wildman–Crippen LogP) is 4.62. The fourth-order valence-corrected chi connectivity index (χ4v) is 2.89. The minimum absolute atomic E-state index is 0.698. The number of nitrogens with one attached hydrogen (secondary N) is 1. The van der Waals surface area contributed by atoms with Gasteiger partial charge in [0, 0.05) is 16.3 Å². The maximum Gasteiger partial charge on any atom is 0.228 e. The highest BCUT2D eigenvalue weighted by atomic mass is 16.3. The molecule has 0 amide bonds. The van der Waals surface area contributed by atoms with Crippen molar-refractivity contribution in [1.82, 2.24) is 9.97 Å². The lowest BCUT2D eigenvalue weighted by Gasteiger charge is -1.91. The molecular weight excluding hydrogens is 248 g/mol. The molecule has 0 spiro atoms. The number of benzene rings is 2. The van der Waals surface area contributed by atoms with E-state index in [1.165, 1.54) is 0 Å². The summed E-state index contributed by atoms with van der Waals surface area (Å²) in [5, 5.41) is 3.29. The molecule has 0 aliphatic heterocycles. The van der Waals surface area contributed by atoms with Gasteiger partial charge in [-0.2, -0.15) is 0 Å². The summed E-state index contributed by atoms with van der Waals surface area (Å²) in [5.41, 5.74) is 4.69. The molecule has 3 heteroatoms. The molecule has 3 nitrogen and oxygen atoms in total. The second-order valence-corrected chi connectivity index (χ2v) is 5.01. The zero-order chi connectivity index (χ0) is 13.1. The SMILES string of the molecule is c1ccc2c(c1)[nH]c1cc3c(nc12)oc1ccccc13. The lowest BCUT2D eigenvalue weighted by molar-refractivity contribution is 0.656. The van der Waals surface area contributed by atoms with E-state index in [-0.39, 0.29) is 0 Å². The van der Waals surface area contributed by atoms with Crippen LogP contribution in [0.4, 0.5) is 0 Å². The van der Waals surface area contributed by atoms with Crippen molar-refractivity contribution in [3.63, 3.8) is 0 Å². The Morgan fingerprint density at radius 3 is 2.55 bits per heavy atom. The van der Waals surface area contributed by atoms with Crippen LogP contribution in [0.5, 0.6) is 0 Å². The average molecular weight is 258 g/mol. The number of para-hydroxylation sites is 2. The number of pyridine rings is 1. The van der Waals surface area contributed by atoms with Gasteiger partial charge in [-0.3, -0.25) is 0 Å². The molecule has 0 aliphatic carbocycles. The standard InChI is InChI=1S/C17H10N2O/c1-3-7-13-11(6-1)16-14(18-13)9-12-10-5-2-4-8-15(10)20-17(12)19-16/h1-9,18H. The van der Waals surface area contributed by atoms with Crippen molar-refractivity contribution in [2.75, 3.05) is 0 Å². The molecule has 3 heterocycles. The van der Waals surface area contributed by atoms with Gasteiger partial charge < -0.3 is 9.40 Å². The second kappa shape index (κ2) is 3.39. The Kier molecular flexibility index (Phi) is 1.70. The van der Waals surface area contributed by atoms with Crippen molar-refractivity contribution in [3.8, 4) is 0 Å². The number of nitrogens with zero attached hydrogens (tertiary/aromatic N) is 1. The van der Waals surface area contributed by atoms with Crippen molar-refractivity contribution in [1.29, 1.82) is 0 Å². The molecule has 1 N–H and O–H groups in total. The van der Waals surface area contributed by atoms with E-state index in [9.17, 15) is 0 Å². The zero-order valence-corrected chi connectivity index (χ0v) is 10.6. The number of rotatable bonds is 0. The van der Waals surface area contributed by atoms with E-state index in [2.05, 4.69) is 29.2 Å². The monoisotopic (exact) mass is 258 g/mol. The minimum atomic E-state index is 0.698. The molecule has 3 aromatic heterocycles. The maximum atomic E-state index is 5.85. The molecule has 0 fully saturated rings. The van der Waals surface area contributed by atoms with Crippen LogP contribution in [0.3, 0.4) is 0 Å². The summed E-state index contributed by atoms with van der Waals surface area (Å²) in [6.07, 6.45) is 0. The first-order valence-corrected chi connectivity index (χ1v) is 6.59. The Morgan fingerprint density at radius 2 is 1.60 bits per heavy atom. The van der Waals surface area contributed by atoms with E-state index in [0.29, 0.717) is 5.71 Å². The van der Waals surface area contributed by atoms with Crippen LogP contribution in [0.15, 0.2) is 59.0 Å². The number of fused-ring (bicyclic) bond motifs is 6. The number of furan rings is 1. The van der Waals surface area contributed by atoms with Crippen LogP contribution in [0.2, 0.25) is 0 Å². The third-order valence-electron chi connectivity index (χ3n) is 3.82. The molecule has 0 bridgehead atoms. The van der Waals surface area contributed by atoms with E-state index in [1.54, 1.807) is 0 Å². The molecule has 2 aromatic carbocycles. The maximum absolute atomic E-state index is 5.85. The Bertz CT molecular complexity index is 1010. The lowest BCUT2D eigenvalue weighted by Crippen LogP contribution is -1.75. The van der Waals surface area contributed by atoms with Gasteiger partial charge in [0.1, 0.15) is 5.58 Å². The van der Waals surface area contributed by atoms with Crippen molar-refractivity contribution in [2.24, 2.45) is 0 Å². The molecule has 5 aromatic rings. The summed E-state index contributed by atoms with van der Waals surface area (Å²) in [7, 11) is 0. The minimum Gasteiger partial charge on any atom is -0.438 e. The normalized spacial score (nSPS) is 12.0. The summed E-state index contributed by atoms with van der Waals surface area (Å²) in [6.45, 7) is 0. The van der Waals surface area contributed by atoms with Gasteiger partial charge in [-0.15, -0.1) is 0 Å². The van der Waals surface area contributed by atoms with E-state index in [4.69, 9.17) is 9.40 Å². The summed E-state index contributed by atoms with van der Waals surface area (Å²) in [4.78, 5) is 8.13. The topological polar surface area (TPSA) is 41.8 Å². The van der Waals surface area contributed by atoms with Gasteiger partial charge in [-0.1, -0.05) is 36.4 Å². The molecule has 94 valence electrons. The van der Waals surface area contributed by atoms with Gasteiger partial charge >= 0.3 is 0 Å². The third-order valence-corrected chi connectivity index (χ3v) is 3.82. The zero-order valence-electron chi connectivity index (χ0n) is 10.6. The molecule has 20 heavy (non-hydrogen) atoms. The third kappa shape index (κ3) is 1.17. The Morgan fingerprint density at radius 1 is 0.800 bits per heavy atom. The van der Waals surface area contributed by atoms with Crippen LogP contribution in [0.1, 0.15) is 0 Å².